The fourth-order valence-electron chi connectivity index (χ4n) is 4.31. The Morgan fingerprint density at radius 3 is 2.75 bits per heavy atom. The minimum atomic E-state index is 0.841. The molecule has 1 heterocycles. The molecule has 4 atom stereocenters. The molecule has 86 valence electrons. The summed E-state index contributed by atoms with van der Waals surface area (Å²) < 4.78 is 0. The molecule has 2 bridgehead atoms. The van der Waals surface area contributed by atoms with E-state index in [1.54, 1.807) is 17.8 Å². The van der Waals surface area contributed by atoms with Crippen molar-refractivity contribution in [2.45, 2.75) is 38.8 Å². The van der Waals surface area contributed by atoms with Gasteiger partial charge in [0.05, 0.1) is 10.7 Å². The highest BCUT2D eigenvalue weighted by molar-refractivity contribution is 7.09. The number of thiazole rings is 1. The Balaban J connectivity index is 1.37. The Bertz CT molecular complexity index is 398. The summed E-state index contributed by atoms with van der Waals surface area (Å²) in [7, 11) is 0. The van der Waals surface area contributed by atoms with Crippen molar-refractivity contribution in [3.05, 3.63) is 16.1 Å². The van der Waals surface area contributed by atoms with Gasteiger partial charge in [0.15, 0.2) is 0 Å². The van der Waals surface area contributed by atoms with E-state index < -0.39 is 0 Å². The highest BCUT2D eigenvalue weighted by Crippen LogP contribution is 2.65. The minimum Gasteiger partial charge on any atom is -0.308 e. The molecule has 3 aliphatic carbocycles. The van der Waals surface area contributed by atoms with Crippen molar-refractivity contribution in [3.8, 4) is 0 Å². The fourth-order valence-corrected chi connectivity index (χ4v) is 4.92. The maximum Gasteiger partial charge on any atom is 0.0897 e. The number of aromatic nitrogens is 1. The molecule has 4 rings (SSSR count). The molecule has 0 spiro atoms. The lowest BCUT2D eigenvalue weighted by atomic mass is 10.0. The van der Waals surface area contributed by atoms with Gasteiger partial charge in [-0.05, 0) is 49.9 Å². The number of nitrogens with zero attached hydrogens (tertiary/aromatic N) is 1. The molecule has 0 aliphatic heterocycles. The van der Waals surface area contributed by atoms with Crippen molar-refractivity contribution >= 4 is 11.3 Å². The Morgan fingerprint density at radius 2 is 2.12 bits per heavy atom. The monoisotopic (exact) mass is 234 g/mol. The molecule has 3 heteroatoms. The molecule has 1 N–H and O–H groups in total. The van der Waals surface area contributed by atoms with Crippen LogP contribution in [0.25, 0.3) is 0 Å². The number of hydrogen-bond donors (Lipinski definition) is 1. The van der Waals surface area contributed by atoms with Gasteiger partial charge in [0.1, 0.15) is 0 Å². The Morgan fingerprint density at radius 1 is 1.38 bits per heavy atom. The van der Waals surface area contributed by atoms with E-state index in [0.717, 1.165) is 36.3 Å². The van der Waals surface area contributed by atoms with Crippen LogP contribution in [-0.2, 0) is 6.54 Å². The molecule has 1 aromatic heterocycles. The lowest BCUT2D eigenvalue weighted by Crippen LogP contribution is -2.22. The number of nitrogens with one attached hydrogen (secondary N) is 1. The summed E-state index contributed by atoms with van der Waals surface area (Å²) in [5, 5.41) is 7.11. The van der Waals surface area contributed by atoms with Crippen LogP contribution in [0.3, 0.4) is 0 Å². The van der Waals surface area contributed by atoms with Gasteiger partial charge < -0.3 is 5.32 Å². The van der Waals surface area contributed by atoms with E-state index in [1.807, 2.05) is 0 Å². The first kappa shape index (κ1) is 9.60. The summed E-state index contributed by atoms with van der Waals surface area (Å²) in [4.78, 5) is 4.51. The van der Waals surface area contributed by atoms with Gasteiger partial charge in [-0.2, -0.15) is 0 Å². The predicted octanol–water partition coefficient (Wildman–Crippen LogP) is 2.59. The van der Waals surface area contributed by atoms with Crippen molar-refractivity contribution in [3.63, 3.8) is 0 Å². The van der Waals surface area contributed by atoms with Gasteiger partial charge in [-0.1, -0.05) is 0 Å². The Labute approximate surface area is 100 Å². The zero-order valence-corrected chi connectivity index (χ0v) is 10.5. The molecule has 0 aromatic carbocycles. The van der Waals surface area contributed by atoms with Crippen LogP contribution >= 0.6 is 11.3 Å². The molecule has 4 unspecified atom stereocenters. The SMILES string of the molecule is Cc1nc(CNC2C3C4CCC(C4)C23)cs1. The first-order chi connectivity index (χ1) is 7.83. The molecule has 3 aliphatic rings. The van der Waals surface area contributed by atoms with Gasteiger partial charge in [-0.15, -0.1) is 11.3 Å². The molecular formula is C13H18N2S. The molecule has 2 nitrogen and oxygen atoms in total. The van der Waals surface area contributed by atoms with Crippen molar-refractivity contribution in [2.24, 2.45) is 23.7 Å². The van der Waals surface area contributed by atoms with Crippen molar-refractivity contribution in [2.75, 3.05) is 0 Å². The topological polar surface area (TPSA) is 24.9 Å². The molecule has 3 saturated carbocycles. The van der Waals surface area contributed by atoms with Gasteiger partial charge in [0.25, 0.3) is 0 Å². The van der Waals surface area contributed by atoms with E-state index in [9.17, 15) is 0 Å². The highest BCUT2D eigenvalue weighted by Gasteiger charge is 2.64. The second-order valence-electron chi connectivity index (χ2n) is 5.75. The summed E-state index contributed by atoms with van der Waals surface area (Å²) in [6.07, 6.45) is 4.57. The van der Waals surface area contributed by atoms with Crippen LogP contribution in [-0.4, -0.2) is 11.0 Å². The smallest absolute Gasteiger partial charge is 0.0897 e. The predicted molar refractivity (Wildman–Crippen MR) is 65.3 cm³/mol. The first-order valence-corrected chi connectivity index (χ1v) is 7.35. The van der Waals surface area contributed by atoms with E-state index in [0.29, 0.717) is 0 Å². The summed E-state index contributed by atoms with van der Waals surface area (Å²) in [5.74, 6) is 4.23. The van der Waals surface area contributed by atoms with Crippen LogP contribution < -0.4 is 5.32 Å². The standard InChI is InChI=1S/C13H18N2S/c1-7-15-10(6-16-7)5-14-13-11-8-2-3-9(4-8)12(11)13/h6,8-9,11-14H,2-5H2,1H3. The van der Waals surface area contributed by atoms with Crippen molar-refractivity contribution < 1.29 is 0 Å². The van der Waals surface area contributed by atoms with Crippen LogP contribution in [0.15, 0.2) is 5.38 Å². The van der Waals surface area contributed by atoms with E-state index in [4.69, 9.17) is 0 Å². The molecule has 3 fully saturated rings. The largest absolute Gasteiger partial charge is 0.308 e. The molecule has 0 saturated heterocycles. The fraction of sp³-hybridized carbons (Fsp3) is 0.769. The maximum absolute atomic E-state index is 4.51. The Hall–Kier alpha value is -0.410. The molecular weight excluding hydrogens is 216 g/mol. The molecule has 1 aromatic rings. The average Bonchev–Trinajstić information content (AvgIpc) is 2.70. The summed E-state index contributed by atoms with van der Waals surface area (Å²) in [5.41, 5.74) is 1.24. The zero-order valence-electron chi connectivity index (χ0n) is 9.65. The highest BCUT2D eigenvalue weighted by atomic mass is 32.1. The third-order valence-corrected chi connectivity index (χ3v) is 5.74. The second kappa shape index (κ2) is 3.30. The van der Waals surface area contributed by atoms with E-state index >= 15 is 0 Å². The van der Waals surface area contributed by atoms with Crippen LogP contribution in [0.4, 0.5) is 0 Å². The second-order valence-corrected chi connectivity index (χ2v) is 6.81. The zero-order chi connectivity index (χ0) is 10.7. The normalized spacial score (nSPS) is 43.7. The van der Waals surface area contributed by atoms with Crippen LogP contribution in [0.5, 0.6) is 0 Å². The van der Waals surface area contributed by atoms with Gasteiger partial charge in [0.2, 0.25) is 0 Å². The van der Waals surface area contributed by atoms with E-state index in [2.05, 4.69) is 22.6 Å². The summed E-state index contributed by atoms with van der Waals surface area (Å²) in [6, 6.07) is 0.841. The van der Waals surface area contributed by atoms with Crippen molar-refractivity contribution in [1.29, 1.82) is 0 Å². The van der Waals surface area contributed by atoms with Crippen LogP contribution in [0.2, 0.25) is 0 Å². The van der Waals surface area contributed by atoms with Crippen LogP contribution in [0, 0.1) is 30.6 Å². The first-order valence-electron chi connectivity index (χ1n) is 6.47. The third-order valence-electron chi connectivity index (χ3n) is 4.92. The lowest BCUT2D eigenvalue weighted by molar-refractivity contribution is 0.456. The van der Waals surface area contributed by atoms with Gasteiger partial charge >= 0.3 is 0 Å². The molecule has 0 radical (unpaired) electrons. The molecule has 16 heavy (non-hydrogen) atoms. The van der Waals surface area contributed by atoms with E-state index in [1.165, 1.54) is 23.5 Å². The Kier molecular flexibility index (Phi) is 1.98. The number of fused-ring (bicyclic) bond motifs is 5. The van der Waals surface area contributed by atoms with Crippen LogP contribution in [0.1, 0.15) is 30.0 Å². The minimum absolute atomic E-state index is 0.841. The maximum atomic E-state index is 4.51. The molecule has 0 amide bonds. The summed E-state index contributed by atoms with van der Waals surface area (Å²) in [6.45, 7) is 3.07. The van der Waals surface area contributed by atoms with Crippen molar-refractivity contribution in [1.82, 2.24) is 10.3 Å². The van der Waals surface area contributed by atoms with E-state index in [-0.39, 0.29) is 0 Å². The summed E-state index contributed by atoms with van der Waals surface area (Å²) >= 11 is 1.76. The third kappa shape index (κ3) is 1.31. The van der Waals surface area contributed by atoms with Gasteiger partial charge in [0, 0.05) is 18.0 Å². The number of aryl methyl sites for hydroxylation is 1. The number of rotatable bonds is 3. The van der Waals surface area contributed by atoms with Gasteiger partial charge in [-0.3, -0.25) is 0 Å². The quantitative estimate of drug-likeness (QED) is 0.869. The average molecular weight is 234 g/mol. The number of hydrogen-bond acceptors (Lipinski definition) is 3. The lowest BCUT2D eigenvalue weighted by Gasteiger charge is -2.09. The van der Waals surface area contributed by atoms with Gasteiger partial charge in [-0.25, -0.2) is 4.98 Å².